The normalized spacial score (nSPS) is 15.7. The molecule has 1 rings (SSSR count). The Balaban J connectivity index is 3.29. The summed E-state index contributed by atoms with van der Waals surface area (Å²) >= 11 is 0. The molecule has 0 radical (unpaired) electrons. The molecule has 0 aromatic heterocycles. The standard InChI is InChI=1S/C13H19NO2/c1-4-5-10-8-13(16-3)11(6-7-14)9-12(10)15-2/h4,8-9H,1,5-7,14H2,2-3H3/i6D,7D. The van der Waals surface area contributed by atoms with Gasteiger partial charge in [-0.1, -0.05) is 6.08 Å². The van der Waals surface area contributed by atoms with E-state index in [1.54, 1.807) is 25.3 Å². The molecule has 1 aromatic rings. The zero-order chi connectivity index (χ0) is 13.7. The summed E-state index contributed by atoms with van der Waals surface area (Å²) in [5, 5.41) is 0. The van der Waals surface area contributed by atoms with Crippen LogP contribution in [0.2, 0.25) is 0 Å². The van der Waals surface area contributed by atoms with Gasteiger partial charge in [-0.05, 0) is 37.0 Å². The fraction of sp³-hybridized carbons (Fsp3) is 0.385. The van der Waals surface area contributed by atoms with Gasteiger partial charge in [0.15, 0.2) is 0 Å². The monoisotopic (exact) mass is 223 g/mol. The maximum Gasteiger partial charge on any atom is 0.122 e. The topological polar surface area (TPSA) is 44.5 Å². The van der Waals surface area contributed by atoms with Crippen molar-refractivity contribution in [2.45, 2.75) is 12.8 Å². The first-order valence-corrected chi connectivity index (χ1v) is 5.00. The molecule has 3 heteroatoms. The molecule has 16 heavy (non-hydrogen) atoms. The second-order valence-electron chi connectivity index (χ2n) is 3.26. The number of nitrogens with two attached hydrogens (primary N) is 1. The van der Waals surface area contributed by atoms with E-state index in [4.69, 9.17) is 17.9 Å². The quantitative estimate of drug-likeness (QED) is 0.749. The van der Waals surface area contributed by atoms with Crippen LogP contribution in [0.5, 0.6) is 11.5 Å². The summed E-state index contributed by atoms with van der Waals surface area (Å²) in [5.41, 5.74) is 6.94. The number of aryl methyl sites for hydroxylation is 1. The minimum Gasteiger partial charge on any atom is -0.496 e. The van der Waals surface area contributed by atoms with Gasteiger partial charge in [-0.2, -0.15) is 0 Å². The summed E-state index contributed by atoms with van der Waals surface area (Å²) < 4.78 is 25.9. The van der Waals surface area contributed by atoms with E-state index in [2.05, 4.69) is 6.58 Å². The van der Waals surface area contributed by atoms with Gasteiger partial charge in [0, 0.05) is 8.30 Å². The van der Waals surface area contributed by atoms with Crippen LogP contribution in [0.3, 0.4) is 0 Å². The summed E-state index contributed by atoms with van der Waals surface area (Å²) in [6.07, 6.45) is 1.55. The van der Waals surface area contributed by atoms with E-state index in [-0.39, 0.29) is 0 Å². The Morgan fingerprint density at radius 1 is 1.31 bits per heavy atom. The number of hydrogen-bond acceptors (Lipinski definition) is 3. The van der Waals surface area contributed by atoms with Crippen molar-refractivity contribution in [3.05, 3.63) is 35.9 Å². The van der Waals surface area contributed by atoms with Gasteiger partial charge in [-0.15, -0.1) is 6.58 Å². The van der Waals surface area contributed by atoms with Crippen LogP contribution in [0.25, 0.3) is 0 Å². The molecule has 0 spiro atoms. The first-order chi connectivity index (χ1) is 8.54. The van der Waals surface area contributed by atoms with Crippen molar-refractivity contribution in [1.82, 2.24) is 0 Å². The van der Waals surface area contributed by atoms with Gasteiger partial charge in [-0.25, -0.2) is 0 Å². The average Bonchev–Trinajstić information content (AvgIpc) is 2.37. The maximum atomic E-state index is 7.89. The van der Waals surface area contributed by atoms with Crippen LogP contribution in [-0.2, 0) is 12.8 Å². The van der Waals surface area contributed by atoms with Gasteiger partial charge in [0.2, 0.25) is 0 Å². The third-order valence-electron chi connectivity index (χ3n) is 2.27. The molecule has 0 aliphatic heterocycles. The van der Waals surface area contributed by atoms with Crippen molar-refractivity contribution in [3.8, 4) is 11.5 Å². The first-order valence-electron chi connectivity index (χ1n) is 6.16. The number of ether oxygens (including phenoxy) is 2. The van der Waals surface area contributed by atoms with Gasteiger partial charge < -0.3 is 15.2 Å². The van der Waals surface area contributed by atoms with E-state index >= 15 is 0 Å². The molecule has 1 aromatic carbocycles. The van der Waals surface area contributed by atoms with Crippen molar-refractivity contribution in [1.29, 1.82) is 0 Å². The zero-order valence-electron chi connectivity index (χ0n) is 11.7. The van der Waals surface area contributed by atoms with Gasteiger partial charge >= 0.3 is 0 Å². The summed E-state index contributed by atoms with van der Waals surface area (Å²) in [6.45, 7) is 2.67. The van der Waals surface area contributed by atoms with Crippen LogP contribution in [0, 0.1) is 0 Å². The van der Waals surface area contributed by atoms with Crippen LogP contribution in [0.4, 0.5) is 0 Å². The summed E-state index contributed by atoms with van der Waals surface area (Å²) in [5.74, 6) is 1.21. The van der Waals surface area contributed by atoms with Crippen molar-refractivity contribution < 1.29 is 12.2 Å². The van der Waals surface area contributed by atoms with E-state index in [9.17, 15) is 0 Å². The Labute approximate surface area is 99.7 Å². The third-order valence-corrected chi connectivity index (χ3v) is 2.27. The molecular weight excluding hydrogens is 202 g/mol. The summed E-state index contributed by atoms with van der Waals surface area (Å²) in [6, 6.07) is 3.52. The molecule has 0 aliphatic rings. The number of allylic oxidation sites excluding steroid dienone is 1. The lowest BCUT2D eigenvalue weighted by Crippen LogP contribution is -2.05. The number of benzene rings is 1. The number of hydrogen-bond donors (Lipinski definition) is 1. The van der Waals surface area contributed by atoms with E-state index in [0.717, 1.165) is 5.56 Å². The highest BCUT2D eigenvalue weighted by molar-refractivity contribution is 5.47. The Hall–Kier alpha value is -1.48. The maximum absolute atomic E-state index is 7.89. The lowest BCUT2D eigenvalue weighted by Gasteiger charge is -2.13. The Bertz CT molecular complexity index is 422. The third kappa shape index (κ3) is 2.76. The van der Waals surface area contributed by atoms with Gasteiger partial charge in [0.25, 0.3) is 0 Å². The molecule has 0 heterocycles. The van der Waals surface area contributed by atoms with E-state index < -0.39 is 12.9 Å². The Morgan fingerprint density at radius 3 is 2.38 bits per heavy atom. The first kappa shape index (κ1) is 9.73. The van der Waals surface area contributed by atoms with Gasteiger partial charge in [0.05, 0.1) is 14.2 Å². The summed E-state index contributed by atoms with van der Waals surface area (Å²) in [7, 11) is 3.10. The molecule has 0 bridgehead atoms. The van der Waals surface area contributed by atoms with Gasteiger partial charge in [0.1, 0.15) is 11.5 Å². The minimum absolute atomic E-state index is 0.551. The van der Waals surface area contributed by atoms with E-state index in [1.165, 1.54) is 7.11 Å². The SMILES string of the molecule is [2H]C(N)C([2H])c1cc(OC)c(CC=C)cc1OC. The average molecular weight is 223 g/mol. The molecule has 0 saturated heterocycles. The van der Waals surface area contributed by atoms with Crippen molar-refractivity contribution in [2.24, 2.45) is 5.73 Å². The predicted octanol–water partition coefficient (Wildman–Crippen LogP) is 1.93. The van der Waals surface area contributed by atoms with Crippen LogP contribution >= 0.6 is 0 Å². The Kier molecular flexibility index (Phi) is 3.76. The lowest BCUT2D eigenvalue weighted by molar-refractivity contribution is 0.395. The number of rotatable bonds is 6. The van der Waals surface area contributed by atoms with Crippen LogP contribution in [0.15, 0.2) is 24.8 Å². The molecule has 2 unspecified atom stereocenters. The highest BCUT2D eigenvalue weighted by atomic mass is 16.5. The Morgan fingerprint density at radius 2 is 1.88 bits per heavy atom. The molecule has 0 aliphatic carbocycles. The lowest BCUT2D eigenvalue weighted by atomic mass is 10.0. The summed E-state index contributed by atoms with van der Waals surface area (Å²) in [4.78, 5) is 0. The van der Waals surface area contributed by atoms with Crippen molar-refractivity contribution >= 4 is 0 Å². The van der Waals surface area contributed by atoms with Crippen LogP contribution in [-0.4, -0.2) is 20.7 Å². The fourth-order valence-corrected chi connectivity index (χ4v) is 1.53. The largest absolute Gasteiger partial charge is 0.496 e. The molecular formula is C13H19NO2. The molecule has 0 saturated carbocycles. The zero-order valence-corrected chi connectivity index (χ0v) is 9.69. The van der Waals surface area contributed by atoms with Crippen LogP contribution < -0.4 is 15.2 Å². The number of methoxy groups -OCH3 is 2. The van der Waals surface area contributed by atoms with Crippen molar-refractivity contribution in [2.75, 3.05) is 20.7 Å². The fourth-order valence-electron chi connectivity index (χ4n) is 1.53. The molecule has 3 nitrogen and oxygen atoms in total. The molecule has 2 N–H and O–H groups in total. The predicted molar refractivity (Wildman–Crippen MR) is 66.2 cm³/mol. The van der Waals surface area contributed by atoms with E-state index in [0.29, 0.717) is 23.5 Å². The molecule has 2 atom stereocenters. The minimum atomic E-state index is -1.02. The van der Waals surface area contributed by atoms with Crippen LogP contribution in [0.1, 0.15) is 13.9 Å². The highest BCUT2D eigenvalue weighted by Crippen LogP contribution is 2.29. The smallest absolute Gasteiger partial charge is 0.122 e. The highest BCUT2D eigenvalue weighted by Gasteiger charge is 2.09. The molecule has 0 amide bonds. The second kappa shape index (κ2) is 6.18. The molecule has 0 fully saturated rings. The molecule has 88 valence electrons. The van der Waals surface area contributed by atoms with Crippen molar-refractivity contribution in [3.63, 3.8) is 0 Å². The second-order valence-corrected chi connectivity index (χ2v) is 3.26. The van der Waals surface area contributed by atoms with Gasteiger partial charge in [-0.3, -0.25) is 0 Å². The van der Waals surface area contributed by atoms with E-state index in [1.807, 2.05) is 0 Å².